The molecule has 0 aromatic heterocycles. The fourth-order valence-electron chi connectivity index (χ4n) is 3.21. The van der Waals surface area contributed by atoms with Gasteiger partial charge in [-0.3, -0.25) is 0 Å². The number of nitriles is 1. The van der Waals surface area contributed by atoms with Gasteiger partial charge in [0.05, 0.1) is 17.5 Å². The van der Waals surface area contributed by atoms with Gasteiger partial charge in [0.1, 0.15) is 0 Å². The van der Waals surface area contributed by atoms with E-state index in [9.17, 15) is 15.2 Å². The summed E-state index contributed by atoms with van der Waals surface area (Å²) in [5.41, 5.74) is 0.667. The highest BCUT2D eigenvalue weighted by molar-refractivity contribution is 5.68. The molecule has 2 fully saturated rings. The lowest BCUT2D eigenvalue weighted by molar-refractivity contribution is 0.131. The average molecular weight is 242 g/mol. The molecule has 1 aromatic rings. The molecule has 1 saturated carbocycles. The highest BCUT2D eigenvalue weighted by Gasteiger charge is 2.63. The van der Waals surface area contributed by atoms with Gasteiger partial charge in [0.15, 0.2) is 0 Å². The van der Waals surface area contributed by atoms with Crippen molar-refractivity contribution in [3.05, 3.63) is 35.9 Å². The summed E-state index contributed by atoms with van der Waals surface area (Å²) in [5.74, 6) is -0.203. The second-order valence-electron chi connectivity index (χ2n) is 5.12. The van der Waals surface area contributed by atoms with Crippen molar-refractivity contribution in [1.29, 1.82) is 5.26 Å². The maximum Gasteiger partial charge on any atom is 0.407 e. The van der Waals surface area contributed by atoms with Gasteiger partial charge in [0.2, 0.25) is 0 Å². The van der Waals surface area contributed by atoms with Crippen LogP contribution in [0.25, 0.3) is 0 Å². The lowest BCUT2D eigenvalue weighted by Gasteiger charge is -2.22. The average Bonchev–Trinajstić information content (AvgIpc) is 3.07. The van der Waals surface area contributed by atoms with E-state index in [1.54, 1.807) is 0 Å². The van der Waals surface area contributed by atoms with Crippen LogP contribution in [-0.4, -0.2) is 28.2 Å². The van der Waals surface area contributed by atoms with Gasteiger partial charge in [-0.1, -0.05) is 30.3 Å². The Labute approximate surface area is 105 Å². The number of hydrogen-bond acceptors (Lipinski definition) is 2. The van der Waals surface area contributed by atoms with E-state index >= 15 is 0 Å². The predicted molar refractivity (Wildman–Crippen MR) is 65.0 cm³/mol. The van der Waals surface area contributed by atoms with Crippen LogP contribution in [0, 0.1) is 17.2 Å². The highest BCUT2D eigenvalue weighted by atomic mass is 16.4. The number of amides is 1. The van der Waals surface area contributed by atoms with Crippen molar-refractivity contribution >= 4 is 6.09 Å². The normalized spacial score (nSPS) is 28.1. The van der Waals surface area contributed by atoms with E-state index in [0.29, 0.717) is 6.54 Å². The molecular weight excluding hydrogens is 228 g/mol. The first kappa shape index (κ1) is 11.1. The Bertz CT molecular complexity index is 516. The Balaban J connectivity index is 1.98. The number of hydrogen-bond donors (Lipinski definition) is 1. The Kier molecular flexibility index (Phi) is 2.30. The lowest BCUT2D eigenvalue weighted by atomic mass is 9.85. The van der Waals surface area contributed by atoms with Crippen LogP contribution in [-0.2, 0) is 0 Å². The van der Waals surface area contributed by atoms with Crippen LogP contribution in [0.3, 0.4) is 0 Å². The van der Waals surface area contributed by atoms with Crippen molar-refractivity contribution in [2.24, 2.45) is 5.92 Å². The summed E-state index contributed by atoms with van der Waals surface area (Å²) in [5, 5.41) is 18.7. The standard InChI is InChI=1S/C14H14N2O2/c15-8-12-11(10-4-2-1-3-5-10)9-16(13(17)18)14(12)6-7-14/h1-5,11-12H,6-7,9H2,(H,17,18). The maximum absolute atomic E-state index is 11.3. The summed E-state index contributed by atoms with van der Waals surface area (Å²) in [7, 11) is 0. The van der Waals surface area contributed by atoms with Crippen LogP contribution in [0.15, 0.2) is 30.3 Å². The van der Waals surface area contributed by atoms with E-state index in [0.717, 1.165) is 18.4 Å². The largest absolute Gasteiger partial charge is 0.465 e. The molecule has 1 spiro atoms. The van der Waals surface area contributed by atoms with Gasteiger partial charge in [-0.05, 0) is 18.4 Å². The van der Waals surface area contributed by atoms with E-state index in [-0.39, 0.29) is 11.8 Å². The molecule has 1 amide bonds. The Morgan fingerprint density at radius 2 is 2.06 bits per heavy atom. The smallest absolute Gasteiger partial charge is 0.407 e. The van der Waals surface area contributed by atoms with Crippen molar-refractivity contribution in [3.63, 3.8) is 0 Å². The predicted octanol–water partition coefficient (Wildman–Crippen LogP) is 2.44. The summed E-state index contributed by atoms with van der Waals surface area (Å²) in [6.45, 7) is 0.442. The zero-order valence-corrected chi connectivity index (χ0v) is 9.91. The van der Waals surface area contributed by atoms with Crippen molar-refractivity contribution in [2.75, 3.05) is 6.54 Å². The minimum atomic E-state index is -0.897. The van der Waals surface area contributed by atoms with Crippen molar-refractivity contribution in [3.8, 4) is 6.07 Å². The molecule has 0 bridgehead atoms. The van der Waals surface area contributed by atoms with Gasteiger partial charge in [0.25, 0.3) is 0 Å². The van der Waals surface area contributed by atoms with E-state index in [1.807, 2.05) is 30.3 Å². The topological polar surface area (TPSA) is 64.3 Å². The van der Waals surface area contributed by atoms with Gasteiger partial charge in [-0.25, -0.2) is 4.79 Å². The molecule has 3 rings (SSSR count). The second kappa shape index (κ2) is 3.74. The number of carbonyl (C=O) groups is 1. The highest BCUT2D eigenvalue weighted by Crippen LogP contribution is 2.57. The summed E-state index contributed by atoms with van der Waals surface area (Å²) in [4.78, 5) is 12.8. The third kappa shape index (κ3) is 1.40. The first-order chi connectivity index (χ1) is 8.69. The SMILES string of the molecule is N#CC1C(c2ccccc2)CN(C(=O)O)C12CC2. The quantitative estimate of drug-likeness (QED) is 0.822. The van der Waals surface area contributed by atoms with Crippen LogP contribution in [0.1, 0.15) is 24.3 Å². The molecule has 1 aliphatic heterocycles. The molecule has 0 radical (unpaired) electrons. The molecule has 1 N–H and O–H groups in total. The third-order valence-corrected chi connectivity index (χ3v) is 4.26. The zero-order chi connectivity index (χ0) is 12.8. The summed E-state index contributed by atoms with van der Waals surface area (Å²) >= 11 is 0. The summed E-state index contributed by atoms with van der Waals surface area (Å²) < 4.78 is 0. The zero-order valence-electron chi connectivity index (χ0n) is 9.91. The number of likely N-dealkylation sites (tertiary alicyclic amines) is 1. The van der Waals surface area contributed by atoms with Gasteiger partial charge in [-0.2, -0.15) is 5.26 Å². The molecule has 4 nitrogen and oxygen atoms in total. The minimum Gasteiger partial charge on any atom is -0.465 e. The molecule has 18 heavy (non-hydrogen) atoms. The Hall–Kier alpha value is -2.02. The van der Waals surface area contributed by atoms with Crippen LogP contribution >= 0.6 is 0 Å². The van der Waals surface area contributed by atoms with Crippen molar-refractivity contribution < 1.29 is 9.90 Å². The molecule has 1 aliphatic carbocycles. The first-order valence-corrected chi connectivity index (χ1v) is 6.14. The van der Waals surface area contributed by atoms with Crippen molar-refractivity contribution in [2.45, 2.75) is 24.3 Å². The summed E-state index contributed by atoms with van der Waals surface area (Å²) in [6.07, 6.45) is 0.744. The molecule has 2 atom stereocenters. The van der Waals surface area contributed by atoms with Crippen LogP contribution < -0.4 is 0 Å². The van der Waals surface area contributed by atoms with Crippen molar-refractivity contribution in [1.82, 2.24) is 4.90 Å². The number of carboxylic acid groups (broad SMARTS) is 1. The van der Waals surface area contributed by atoms with Gasteiger partial charge >= 0.3 is 6.09 Å². The van der Waals surface area contributed by atoms with E-state index < -0.39 is 11.6 Å². The fourth-order valence-corrected chi connectivity index (χ4v) is 3.21. The number of nitrogens with zero attached hydrogens (tertiary/aromatic N) is 2. The molecule has 2 unspecified atom stereocenters. The molecule has 1 aromatic carbocycles. The molecule has 1 saturated heterocycles. The van der Waals surface area contributed by atoms with Gasteiger partial charge in [-0.15, -0.1) is 0 Å². The Morgan fingerprint density at radius 3 is 2.56 bits per heavy atom. The number of benzene rings is 1. The lowest BCUT2D eigenvalue weighted by Crippen LogP contribution is -2.38. The van der Waals surface area contributed by atoms with E-state index in [1.165, 1.54) is 4.90 Å². The van der Waals surface area contributed by atoms with Crippen LogP contribution in [0.2, 0.25) is 0 Å². The summed E-state index contributed by atoms with van der Waals surface area (Å²) in [6, 6.07) is 12.1. The minimum absolute atomic E-state index is 0.00907. The third-order valence-electron chi connectivity index (χ3n) is 4.26. The monoisotopic (exact) mass is 242 g/mol. The first-order valence-electron chi connectivity index (χ1n) is 6.14. The maximum atomic E-state index is 11.3. The van der Waals surface area contributed by atoms with E-state index in [2.05, 4.69) is 6.07 Å². The molecule has 2 aliphatic rings. The number of rotatable bonds is 1. The van der Waals surface area contributed by atoms with E-state index in [4.69, 9.17) is 0 Å². The van der Waals surface area contributed by atoms with Crippen LogP contribution in [0.5, 0.6) is 0 Å². The molecule has 1 heterocycles. The van der Waals surface area contributed by atoms with Gasteiger partial charge in [0, 0.05) is 12.5 Å². The molecule has 4 heteroatoms. The molecular formula is C14H14N2O2. The van der Waals surface area contributed by atoms with Gasteiger partial charge < -0.3 is 10.0 Å². The fraction of sp³-hybridized carbons (Fsp3) is 0.429. The second-order valence-corrected chi connectivity index (χ2v) is 5.12. The van der Waals surface area contributed by atoms with Crippen LogP contribution in [0.4, 0.5) is 4.79 Å². The molecule has 92 valence electrons. The Morgan fingerprint density at radius 1 is 1.39 bits per heavy atom.